The molecule has 1 aliphatic heterocycles. The molecule has 2 aromatic rings. The van der Waals surface area contributed by atoms with Crippen molar-refractivity contribution in [3.63, 3.8) is 0 Å². The minimum atomic E-state index is -0.0770. The van der Waals surface area contributed by atoms with Crippen molar-refractivity contribution in [2.75, 3.05) is 36.4 Å². The Kier molecular flexibility index (Phi) is 5.74. The fourth-order valence-corrected chi connectivity index (χ4v) is 3.07. The number of aromatic nitrogens is 1. The van der Waals surface area contributed by atoms with Gasteiger partial charge in [0.05, 0.1) is 0 Å². The van der Waals surface area contributed by atoms with E-state index in [1.165, 1.54) is 12.5 Å². The normalized spacial score (nSPS) is 14.4. The molecule has 142 valence electrons. The predicted molar refractivity (Wildman–Crippen MR) is 108 cm³/mol. The van der Waals surface area contributed by atoms with E-state index in [0.29, 0.717) is 37.7 Å². The first kappa shape index (κ1) is 18.9. The van der Waals surface area contributed by atoms with Crippen LogP contribution in [0.2, 0.25) is 0 Å². The van der Waals surface area contributed by atoms with Gasteiger partial charge >= 0.3 is 6.03 Å². The maximum absolute atomic E-state index is 12.5. The number of pyridine rings is 1. The molecule has 0 spiro atoms. The summed E-state index contributed by atoms with van der Waals surface area (Å²) in [4.78, 5) is 32.2. The number of hydrogen-bond acceptors (Lipinski definition) is 4. The Hall–Kier alpha value is -2.89. The van der Waals surface area contributed by atoms with Gasteiger partial charge in [0.2, 0.25) is 0 Å². The molecule has 0 radical (unpaired) electrons. The van der Waals surface area contributed by atoms with Crippen molar-refractivity contribution in [1.82, 2.24) is 9.88 Å². The lowest BCUT2D eigenvalue weighted by atomic mass is 10.0. The summed E-state index contributed by atoms with van der Waals surface area (Å²) < 4.78 is 0. The highest BCUT2D eigenvalue weighted by atomic mass is 16.2. The molecule has 1 saturated heterocycles. The Morgan fingerprint density at radius 3 is 2.19 bits per heavy atom. The van der Waals surface area contributed by atoms with E-state index in [9.17, 15) is 9.59 Å². The van der Waals surface area contributed by atoms with Gasteiger partial charge in [-0.25, -0.2) is 9.78 Å². The summed E-state index contributed by atoms with van der Waals surface area (Å²) in [6, 6.07) is 11.6. The summed E-state index contributed by atoms with van der Waals surface area (Å²) in [6.45, 7) is 8.52. The second-order valence-corrected chi connectivity index (χ2v) is 7.14. The molecule has 0 unspecified atom stereocenters. The van der Waals surface area contributed by atoms with Crippen molar-refractivity contribution in [3.05, 3.63) is 53.7 Å². The minimum absolute atomic E-state index is 0.0111. The maximum Gasteiger partial charge on any atom is 0.321 e. The van der Waals surface area contributed by atoms with E-state index in [-0.39, 0.29) is 11.8 Å². The molecule has 1 aliphatic rings. The second kappa shape index (κ2) is 8.20. The lowest BCUT2D eigenvalue weighted by molar-refractivity contribution is 0.101. The molecule has 6 nitrogen and oxygen atoms in total. The number of ketones is 1. The van der Waals surface area contributed by atoms with E-state index in [4.69, 9.17) is 0 Å². The highest BCUT2D eigenvalue weighted by molar-refractivity contribution is 5.93. The Labute approximate surface area is 160 Å². The quantitative estimate of drug-likeness (QED) is 0.837. The van der Waals surface area contributed by atoms with Crippen molar-refractivity contribution in [1.29, 1.82) is 0 Å². The minimum Gasteiger partial charge on any atom is -0.353 e. The molecule has 27 heavy (non-hydrogen) atoms. The Bertz CT molecular complexity index is 792. The van der Waals surface area contributed by atoms with Gasteiger partial charge in [-0.3, -0.25) is 4.79 Å². The summed E-state index contributed by atoms with van der Waals surface area (Å²) in [5.74, 6) is 1.32. The zero-order chi connectivity index (χ0) is 19.4. The molecule has 1 aromatic heterocycles. The van der Waals surface area contributed by atoms with Gasteiger partial charge in [0.15, 0.2) is 5.78 Å². The molecule has 3 rings (SSSR count). The number of rotatable bonds is 4. The van der Waals surface area contributed by atoms with E-state index < -0.39 is 0 Å². The molecule has 1 N–H and O–H groups in total. The number of Topliss-reactive ketones (excluding diaryl/α,β-unsaturated/α-hetero) is 1. The van der Waals surface area contributed by atoms with Crippen LogP contribution >= 0.6 is 0 Å². The lowest BCUT2D eigenvalue weighted by Gasteiger charge is -2.35. The first-order valence-electron chi connectivity index (χ1n) is 9.32. The molecule has 0 saturated carbocycles. The fraction of sp³-hybridized carbons (Fsp3) is 0.381. The van der Waals surface area contributed by atoms with Gasteiger partial charge in [-0.05, 0) is 42.7 Å². The van der Waals surface area contributed by atoms with Gasteiger partial charge in [0, 0.05) is 43.6 Å². The van der Waals surface area contributed by atoms with Crippen LogP contribution in [0, 0.1) is 0 Å². The third kappa shape index (κ3) is 4.64. The van der Waals surface area contributed by atoms with Crippen LogP contribution in [0.25, 0.3) is 0 Å². The number of carbonyl (C=O) groups is 2. The van der Waals surface area contributed by atoms with E-state index >= 15 is 0 Å². The number of benzene rings is 1. The Morgan fingerprint density at radius 1 is 1.00 bits per heavy atom. The van der Waals surface area contributed by atoms with E-state index in [2.05, 4.69) is 41.2 Å². The topological polar surface area (TPSA) is 65.5 Å². The highest BCUT2D eigenvalue weighted by Crippen LogP contribution is 2.18. The molecule has 1 fully saturated rings. The first-order valence-corrected chi connectivity index (χ1v) is 9.32. The second-order valence-electron chi connectivity index (χ2n) is 7.14. The number of hydrogen-bond donors (Lipinski definition) is 1. The summed E-state index contributed by atoms with van der Waals surface area (Å²) >= 11 is 0. The van der Waals surface area contributed by atoms with Gasteiger partial charge in [0.25, 0.3) is 0 Å². The van der Waals surface area contributed by atoms with Crippen LogP contribution in [-0.2, 0) is 0 Å². The van der Waals surface area contributed by atoms with Crippen molar-refractivity contribution in [2.24, 2.45) is 0 Å². The van der Waals surface area contributed by atoms with Crippen molar-refractivity contribution >= 4 is 23.3 Å². The van der Waals surface area contributed by atoms with Gasteiger partial charge in [-0.1, -0.05) is 26.0 Å². The summed E-state index contributed by atoms with van der Waals surface area (Å²) in [6.07, 6.45) is 1.61. The number of urea groups is 1. The van der Waals surface area contributed by atoms with Crippen molar-refractivity contribution < 1.29 is 9.59 Å². The summed E-state index contributed by atoms with van der Waals surface area (Å²) in [7, 11) is 0. The molecule has 2 heterocycles. The highest BCUT2D eigenvalue weighted by Gasteiger charge is 2.22. The lowest BCUT2D eigenvalue weighted by Crippen LogP contribution is -2.50. The predicted octanol–water partition coefficient (Wildman–Crippen LogP) is 3.76. The average molecular weight is 366 g/mol. The van der Waals surface area contributed by atoms with E-state index in [1.807, 2.05) is 23.1 Å². The third-order valence-electron chi connectivity index (χ3n) is 4.87. The zero-order valence-electron chi connectivity index (χ0n) is 16.1. The van der Waals surface area contributed by atoms with Crippen LogP contribution in [0.5, 0.6) is 0 Å². The fourth-order valence-electron chi connectivity index (χ4n) is 3.07. The monoisotopic (exact) mass is 366 g/mol. The Balaban J connectivity index is 1.53. The first-order chi connectivity index (χ1) is 12.9. The number of anilines is 2. The summed E-state index contributed by atoms with van der Waals surface area (Å²) in [5.41, 5.74) is 2.68. The maximum atomic E-state index is 12.5. The van der Waals surface area contributed by atoms with Gasteiger partial charge in [-0.15, -0.1) is 0 Å². The molecule has 0 atom stereocenters. The number of carbonyl (C=O) groups excluding carboxylic acids is 2. The molecular formula is C21H26N4O2. The Morgan fingerprint density at radius 2 is 1.67 bits per heavy atom. The number of piperazine rings is 1. The van der Waals surface area contributed by atoms with Gasteiger partial charge in [-0.2, -0.15) is 0 Å². The molecule has 0 aliphatic carbocycles. The van der Waals surface area contributed by atoms with Crippen molar-refractivity contribution in [2.45, 2.75) is 26.7 Å². The smallest absolute Gasteiger partial charge is 0.321 e. The summed E-state index contributed by atoms with van der Waals surface area (Å²) in [5, 5.41) is 2.97. The molecule has 6 heteroatoms. The zero-order valence-corrected chi connectivity index (χ0v) is 16.1. The van der Waals surface area contributed by atoms with E-state index in [1.54, 1.807) is 12.3 Å². The number of nitrogens with one attached hydrogen (secondary N) is 1. The van der Waals surface area contributed by atoms with Crippen LogP contribution in [0.4, 0.5) is 16.3 Å². The van der Waals surface area contributed by atoms with Crippen LogP contribution in [0.1, 0.15) is 42.6 Å². The van der Waals surface area contributed by atoms with Gasteiger partial charge < -0.3 is 15.1 Å². The third-order valence-corrected chi connectivity index (χ3v) is 4.87. The van der Waals surface area contributed by atoms with Gasteiger partial charge in [0.1, 0.15) is 5.82 Å². The average Bonchev–Trinajstić information content (AvgIpc) is 2.68. The van der Waals surface area contributed by atoms with Crippen LogP contribution < -0.4 is 10.2 Å². The molecule has 0 bridgehead atoms. The molecule has 1 aromatic carbocycles. The van der Waals surface area contributed by atoms with Crippen LogP contribution in [-0.4, -0.2) is 47.9 Å². The van der Waals surface area contributed by atoms with Crippen LogP contribution in [0.3, 0.4) is 0 Å². The number of amides is 2. The standard InChI is InChI=1S/C21H26N4O2/c1-15(2)17-4-7-19(8-5-17)23-21(27)25-12-10-24(11-13-25)20-9-6-18(14-22-20)16(3)26/h4-9,14-15H,10-13H2,1-3H3,(H,23,27). The largest absolute Gasteiger partial charge is 0.353 e. The van der Waals surface area contributed by atoms with Crippen LogP contribution in [0.15, 0.2) is 42.6 Å². The van der Waals surface area contributed by atoms with Crippen molar-refractivity contribution in [3.8, 4) is 0 Å². The number of nitrogens with zero attached hydrogens (tertiary/aromatic N) is 3. The SMILES string of the molecule is CC(=O)c1ccc(N2CCN(C(=O)Nc3ccc(C(C)C)cc3)CC2)nc1. The van der Waals surface area contributed by atoms with E-state index in [0.717, 1.165) is 11.5 Å². The molecular weight excluding hydrogens is 340 g/mol. The molecule has 2 amide bonds.